The van der Waals surface area contributed by atoms with Gasteiger partial charge >= 0.3 is 0 Å². The number of aliphatic hydroxyl groups is 1. The molecule has 4 N–H and O–H groups in total. The van der Waals surface area contributed by atoms with Gasteiger partial charge in [0.2, 0.25) is 11.5 Å². The fourth-order valence-corrected chi connectivity index (χ4v) is 5.53. The molecule has 5 rings (SSSR count). The van der Waals surface area contributed by atoms with Crippen LogP contribution in [0.4, 0.5) is 5.69 Å². The fraction of sp³-hybridized carbons (Fsp3) is 0.333. The number of H-pyrrole nitrogens is 1. The Bertz CT molecular complexity index is 1550. The number of pyridine rings is 1. The SMILES string of the molecule is O=C(CCN1CCCCC1)Nc1ccc(CNC[C@H](O)c2ccc(OCc3ccccc3)c3[nH]c(=O)ccc23)cc1Cl. The van der Waals surface area contributed by atoms with Gasteiger partial charge in [-0.3, -0.25) is 9.59 Å². The summed E-state index contributed by atoms with van der Waals surface area (Å²) in [6.07, 6.45) is 3.30. The monoisotopic (exact) mass is 588 g/mol. The van der Waals surface area contributed by atoms with Gasteiger partial charge in [0, 0.05) is 37.5 Å². The lowest BCUT2D eigenvalue weighted by molar-refractivity contribution is -0.116. The average molecular weight is 589 g/mol. The van der Waals surface area contributed by atoms with Gasteiger partial charge < -0.3 is 30.4 Å². The van der Waals surface area contributed by atoms with Gasteiger partial charge in [-0.2, -0.15) is 0 Å². The third-order valence-electron chi connectivity index (χ3n) is 7.56. The molecule has 0 unspecified atom stereocenters. The summed E-state index contributed by atoms with van der Waals surface area (Å²) in [7, 11) is 0. The van der Waals surface area contributed by atoms with E-state index < -0.39 is 6.10 Å². The highest BCUT2D eigenvalue weighted by Gasteiger charge is 2.16. The molecule has 0 spiro atoms. The van der Waals surface area contributed by atoms with Gasteiger partial charge in [0.05, 0.1) is 22.3 Å². The second-order valence-electron chi connectivity index (χ2n) is 10.7. The van der Waals surface area contributed by atoms with E-state index in [1.54, 1.807) is 12.1 Å². The van der Waals surface area contributed by atoms with Crippen molar-refractivity contribution in [2.75, 3.05) is 31.5 Å². The number of aromatic amines is 1. The molecule has 4 aromatic rings. The number of hydrogen-bond acceptors (Lipinski definition) is 6. The van der Waals surface area contributed by atoms with Crippen LogP contribution in [0.5, 0.6) is 5.75 Å². The smallest absolute Gasteiger partial charge is 0.248 e. The molecule has 220 valence electrons. The van der Waals surface area contributed by atoms with Gasteiger partial charge in [-0.25, -0.2) is 0 Å². The van der Waals surface area contributed by atoms with Crippen LogP contribution in [0.2, 0.25) is 5.02 Å². The Morgan fingerprint density at radius 1 is 1.00 bits per heavy atom. The Balaban J connectivity index is 1.16. The molecule has 1 amide bonds. The molecule has 0 saturated carbocycles. The largest absolute Gasteiger partial charge is 0.487 e. The van der Waals surface area contributed by atoms with Crippen LogP contribution in [0.3, 0.4) is 0 Å². The molecule has 42 heavy (non-hydrogen) atoms. The first-order valence-electron chi connectivity index (χ1n) is 14.5. The highest BCUT2D eigenvalue weighted by molar-refractivity contribution is 6.33. The lowest BCUT2D eigenvalue weighted by Gasteiger charge is -2.26. The molecule has 3 aromatic carbocycles. The number of amides is 1. The van der Waals surface area contributed by atoms with Crippen LogP contribution in [-0.2, 0) is 17.9 Å². The van der Waals surface area contributed by atoms with Crippen molar-refractivity contribution in [1.82, 2.24) is 15.2 Å². The number of carbonyl (C=O) groups is 1. The molecule has 0 radical (unpaired) electrons. The van der Waals surface area contributed by atoms with Gasteiger partial charge in [-0.1, -0.05) is 60.5 Å². The van der Waals surface area contributed by atoms with E-state index in [0.717, 1.165) is 36.1 Å². The minimum Gasteiger partial charge on any atom is -0.487 e. The number of halogens is 1. The van der Waals surface area contributed by atoms with Crippen LogP contribution >= 0.6 is 11.6 Å². The number of piperidine rings is 1. The molecule has 1 saturated heterocycles. The molecule has 1 atom stereocenters. The van der Waals surface area contributed by atoms with Crippen LogP contribution in [-0.4, -0.2) is 47.1 Å². The fourth-order valence-electron chi connectivity index (χ4n) is 5.28. The van der Waals surface area contributed by atoms with Gasteiger partial charge in [0.15, 0.2) is 0 Å². The Morgan fingerprint density at radius 2 is 1.81 bits per heavy atom. The van der Waals surface area contributed by atoms with E-state index in [1.165, 1.54) is 25.3 Å². The topological polar surface area (TPSA) is 107 Å². The number of likely N-dealkylation sites (tertiary alicyclic amines) is 1. The molecule has 1 aromatic heterocycles. The van der Waals surface area contributed by atoms with Crippen molar-refractivity contribution in [3.05, 3.63) is 105 Å². The number of ether oxygens (including phenoxy) is 1. The molecule has 9 heteroatoms. The average Bonchev–Trinajstić information content (AvgIpc) is 3.01. The van der Waals surface area contributed by atoms with Crippen molar-refractivity contribution >= 4 is 34.1 Å². The second-order valence-corrected chi connectivity index (χ2v) is 11.1. The summed E-state index contributed by atoms with van der Waals surface area (Å²) in [5.41, 5.74) is 3.53. The molecule has 1 fully saturated rings. The lowest BCUT2D eigenvalue weighted by atomic mass is 10.0. The van der Waals surface area contributed by atoms with Crippen molar-refractivity contribution in [2.24, 2.45) is 0 Å². The zero-order valence-electron chi connectivity index (χ0n) is 23.6. The number of rotatable bonds is 12. The van der Waals surface area contributed by atoms with E-state index in [-0.39, 0.29) is 18.0 Å². The first kappa shape index (κ1) is 29.8. The Labute approximate surface area is 250 Å². The Morgan fingerprint density at radius 3 is 2.60 bits per heavy atom. The molecule has 8 nitrogen and oxygen atoms in total. The zero-order chi connectivity index (χ0) is 29.3. The maximum Gasteiger partial charge on any atom is 0.248 e. The summed E-state index contributed by atoms with van der Waals surface area (Å²) < 4.78 is 6.01. The number of carbonyl (C=O) groups excluding carboxylic acids is 1. The Hall–Kier alpha value is -3.69. The number of nitrogens with zero attached hydrogens (tertiary/aromatic N) is 1. The number of hydrogen-bond donors (Lipinski definition) is 4. The number of anilines is 1. The Kier molecular flexibility index (Phi) is 10.3. The molecule has 0 aliphatic carbocycles. The van der Waals surface area contributed by atoms with Crippen molar-refractivity contribution in [2.45, 2.75) is 44.9 Å². The lowest BCUT2D eigenvalue weighted by Crippen LogP contribution is -2.32. The molecule has 0 bridgehead atoms. The number of aliphatic hydroxyl groups excluding tert-OH is 1. The predicted molar refractivity (Wildman–Crippen MR) is 167 cm³/mol. The van der Waals surface area contributed by atoms with Gasteiger partial charge in [-0.05, 0) is 66.9 Å². The van der Waals surface area contributed by atoms with Gasteiger partial charge in [0.25, 0.3) is 0 Å². The molecule has 1 aliphatic heterocycles. The first-order valence-corrected chi connectivity index (χ1v) is 14.9. The van der Waals surface area contributed by atoms with E-state index in [1.807, 2.05) is 54.6 Å². The summed E-state index contributed by atoms with van der Waals surface area (Å²) in [4.78, 5) is 29.8. The van der Waals surface area contributed by atoms with Gasteiger partial charge in [0.1, 0.15) is 12.4 Å². The number of aromatic nitrogens is 1. The normalized spacial score (nSPS) is 14.5. The maximum absolute atomic E-state index is 12.4. The summed E-state index contributed by atoms with van der Waals surface area (Å²) in [6.45, 7) is 4.02. The third kappa shape index (κ3) is 7.98. The van der Waals surface area contributed by atoms with E-state index in [4.69, 9.17) is 16.3 Å². The minimum atomic E-state index is -0.824. The number of benzene rings is 3. The molecule has 2 heterocycles. The van der Waals surface area contributed by atoms with Crippen molar-refractivity contribution in [3.8, 4) is 5.75 Å². The van der Waals surface area contributed by atoms with E-state index >= 15 is 0 Å². The van der Waals surface area contributed by atoms with E-state index in [0.29, 0.717) is 47.1 Å². The van der Waals surface area contributed by atoms with Crippen LogP contribution < -0.4 is 20.9 Å². The van der Waals surface area contributed by atoms with Crippen molar-refractivity contribution in [1.29, 1.82) is 0 Å². The third-order valence-corrected chi connectivity index (χ3v) is 7.88. The van der Waals surface area contributed by atoms with Crippen LogP contribution in [0.25, 0.3) is 10.9 Å². The maximum atomic E-state index is 12.4. The quantitative estimate of drug-likeness (QED) is 0.177. The van der Waals surface area contributed by atoms with Crippen molar-refractivity contribution < 1.29 is 14.6 Å². The van der Waals surface area contributed by atoms with Crippen molar-refractivity contribution in [3.63, 3.8) is 0 Å². The zero-order valence-corrected chi connectivity index (χ0v) is 24.3. The van der Waals surface area contributed by atoms with E-state index in [9.17, 15) is 14.7 Å². The summed E-state index contributed by atoms with van der Waals surface area (Å²) in [5.74, 6) is 0.505. The van der Waals surface area contributed by atoms with E-state index in [2.05, 4.69) is 20.5 Å². The summed E-state index contributed by atoms with van der Waals surface area (Å²) in [5, 5.41) is 18.4. The number of nitrogens with one attached hydrogen (secondary N) is 3. The molecule has 1 aliphatic rings. The van der Waals surface area contributed by atoms with Crippen LogP contribution in [0, 0.1) is 0 Å². The molecular formula is C33H37ClN4O4. The highest BCUT2D eigenvalue weighted by atomic mass is 35.5. The molecular weight excluding hydrogens is 552 g/mol. The van der Waals surface area contributed by atoms with Crippen LogP contribution in [0.1, 0.15) is 48.5 Å². The summed E-state index contributed by atoms with van der Waals surface area (Å²) in [6, 6.07) is 22.1. The van der Waals surface area contributed by atoms with Crippen LogP contribution in [0.15, 0.2) is 77.6 Å². The first-order chi connectivity index (χ1) is 20.5. The summed E-state index contributed by atoms with van der Waals surface area (Å²) >= 11 is 6.47. The standard InChI is InChI=1S/C33H37ClN4O4/c34-27-19-24(9-12-28(27)36-32(41)15-18-38-16-5-2-6-17-38)20-35-21-29(39)25-10-13-30(33-26(25)11-14-31(40)37-33)42-22-23-7-3-1-4-8-23/h1,3-4,7-14,19,29,35,39H,2,5-6,15-18,20-22H2,(H,36,41)(H,37,40)/t29-/m0/s1. The predicted octanol–water partition coefficient (Wildman–Crippen LogP) is 5.40. The minimum absolute atomic E-state index is 0.0403. The highest BCUT2D eigenvalue weighted by Crippen LogP contribution is 2.30. The van der Waals surface area contributed by atoms with Gasteiger partial charge in [-0.15, -0.1) is 0 Å². The number of fused-ring (bicyclic) bond motifs is 1. The second kappa shape index (κ2) is 14.5.